The van der Waals surface area contributed by atoms with Gasteiger partial charge in [-0.25, -0.2) is 4.79 Å². The first-order chi connectivity index (χ1) is 25.6. The van der Waals surface area contributed by atoms with Crippen molar-refractivity contribution in [3.05, 3.63) is 82.5 Å². The van der Waals surface area contributed by atoms with Crippen LogP contribution >= 0.6 is 23.2 Å². The number of allylic oxidation sites excluding steroid dienone is 2. The van der Waals surface area contributed by atoms with Crippen LogP contribution in [0.2, 0.25) is 0 Å². The monoisotopic (exact) mass is 788 g/mol. The number of carbonyl (C=O) groups excluding carboxylic acids is 3. The average molecular weight is 790 g/mol. The second-order valence-corrected chi connectivity index (χ2v) is 13.7. The van der Waals surface area contributed by atoms with Crippen LogP contribution in [-0.4, -0.2) is 96.7 Å². The highest BCUT2D eigenvalue weighted by Gasteiger charge is 2.29. The SMILES string of the molecule is CO[C@H]1C=CC=C(C)C(=O)Nc2cc(O)c(NC(=O)c3ccc(N(CCCl)CCCl)cc3)c(c2O)C=C(C)C[C@H](OC)[C@H](O)[C@@H](C)C=C(C)[C@@H]1OC(N)=O. The van der Waals surface area contributed by atoms with Crippen LogP contribution in [0, 0.1) is 5.92 Å². The lowest BCUT2D eigenvalue weighted by Crippen LogP contribution is -2.36. The number of methoxy groups -OCH3 is 2. The van der Waals surface area contributed by atoms with E-state index in [0.29, 0.717) is 36.0 Å². The smallest absolute Gasteiger partial charge is 0.405 e. The van der Waals surface area contributed by atoms with Gasteiger partial charge in [-0.1, -0.05) is 36.8 Å². The molecule has 0 unspecified atom stereocenters. The summed E-state index contributed by atoms with van der Waals surface area (Å²) in [5.74, 6) is -1.79. The molecule has 0 radical (unpaired) electrons. The molecular weight excluding hydrogens is 739 g/mol. The van der Waals surface area contributed by atoms with Crippen LogP contribution in [0.15, 0.2) is 71.4 Å². The van der Waals surface area contributed by atoms with Gasteiger partial charge in [0.2, 0.25) is 0 Å². The molecule has 3 amide bonds. The Morgan fingerprint density at radius 3 is 2.28 bits per heavy atom. The van der Waals surface area contributed by atoms with Gasteiger partial charge < -0.3 is 50.8 Å². The Morgan fingerprint density at radius 2 is 1.70 bits per heavy atom. The zero-order valence-corrected chi connectivity index (χ0v) is 32.8. The first kappa shape index (κ1) is 43.9. The summed E-state index contributed by atoms with van der Waals surface area (Å²) in [6.45, 7) is 7.87. The predicted octanol–water partition coefficient (Wildman–Crippen LogP) is 6.32. The van der Waals surface area contributed by atoms with Crippen LogP contribution in [0.25, 0.3) is 6.08 Å². The molecular formula is C39H50Cl2N4O9. The van der Waals surface area contributed by atoms with Crippen molar-refractivity contribution in [2.75, 3.05) is 54.6 Å². The van der Waals surface area contributed by atoms with Crippen LogP contribution in [0.5, 0.6) is 11.5 Å². The highest BCUT2D eigenvalue weighted by molar-refractivity contribution is 6.18. The Balaban J connectivity index is 2.13. The number of hydrogen-bond donors (Lipinski definition) is 6. The fourth-order valence-electron chi connectivity index (χ4n) is 6.00. The van der Waals surface area contributed by atoms with Gasteiger partial charge >= 0.3 is 6.09 Å². The number of phenolic OH excluding ortho intramolecular Hbond substituents is 2. The fraction of sp³-hybridized carbons (Fsp3) is 0.410. The maximum atomic E-state index is 13.5. The molecule has 3 rings (SSSR count). The summed E-state index contributed by atoms with van der Waals surface area (Å²) in [4.78, 5) is 40.7. The summed E-state index contributed by atoms with van der Waals surface area (Å²) in [5, 5.41) is 39.6. The van der Waals surface area contributed by atoms with E-state index in [1.165, 1.54) is 39.4 Å². The van der Waals surface area contributed by atoms with Gasteiger partial charge in [0.1, 0.15) is 17.6 Å². The molecule has 2 bridgehead atoms. The first-order valence-electron chi connectivity index (χ1n) is 17.2. The molecule has 0 saturated heterocycles. The van der Waals surface area contributed by atoms with E-state index in [9.17, 15) is 29.7 Å². The summed E-state index contributed by atoms with van der Waals surface area (Å²) in [6, 6.07) is 7.88. The lowest BCUT2D eigenvalue weighted by atomic mass is 9.91. The lowest BCUT2D eigenvalue weighted by Gasteiger charge is -2.28. The number of nitrogens with two attached hydrogens (primary N) is 1. The molecule has 0 aliphatic carbocycles. The standard InChI is InChI=1S/C39H50Cl2N4O9/c1-22-18-28-33(44-38(50)26-10-12-27(13-11-26)45(16-14-40)17-15-41)30(46)21-29(35(28)48)43-37(49)23(2)8-7-9-31(52-5)36(54-39(42)51)25(4)20-24(3)34(47)32(19-22)53-6/h7-13,18,20-21,24,31-32,34,36,46-48H,14-17,19H2,1-6H3,(H2,42,51)(H,43,49)(H,44,50)/t24-,31-,32-,34+,36-/m0/s1. The van der Waals surface area contributed by atoms with E-state index in [1.54, 1.807) is 57.2 Å². The zero-order chi connectivity index (χ0) is 40.1. The van der Waals surface area contributed by atoms with Gasteiger partial charge in [0.25, 0.3) is 11.8 Å². The van der Waals surface area contributed by atoms with Gasteiger partial charge in [0.05, 0.1) is 23.6 Å². The van der Waals surface area contributed by atoms with Crippen molar-refractivity contribution in [3.63, 3.8) is 0 Å². The number of aliphatic hydroxyl groups is 1. The Morgan fingerprint density at radius 1 is 1.06 bits per heavy atom. The Bertz CT molecular complexity index is 1750. The summed E-state index contributed by atoms with van der Waals surface area (Å²) in [5.41, 5.74) is 7.57. The minimum Gasteiger partial charge on any atom is -0.506 e. The van der Waals surface area contributed by atoms with Crippen molar-refractivity contribution in [1.29, 1.82) is 0 Å². The number of rotatable bonds is 10. The van der Waals surface area contributed by atoms with Crippen LogP contribution in [0.3, 0.4) is 0 Å². The number of amides is 3. The molecule has 1 heterocycles. The van der Waals surface area contributed by atoms with Crippen molar-refractivity contribution in [3.8, 4) is 11.5 Å². The second-order valence-electron chi connectivity index (χ2n) is 12.9. The number of nitrogens with one attached hydrogen (secondary N) is 2. The summed E-state index contributed by atoms with van der Waals surface area (Å²) in [7, 11) is 2.86. The third kappa shape index (κ3) is 11.7. The molecule has 294 valence electrons. The Labute approximate surface area is 326 Å². The number of primary amides is 1. The maximum Gasteiger partial charge on any atom is 0.405 e. The normalized spacial score (nSPS) is 21.3. The summed E-state index contributed by atoms with van der Waals surface area (Å²) in [6.07, 6.45) is 3.37. The molecule has 0 spiro atoms. The molecule has 54 heavy (non-hydrogen) atoms. The zero-order valence-electron chi connectivity index (χ0n) is 31.3. The fourth-order valence-corrected chi connectivity index (χ4v) is 6.40. The number of benzene rings is 2. The molecule has 1 aliphatic heterocycles. The van der Waals surface area contributed by atoms with Gasteiger partial charge in [0, 0.05) is 73.4 Å². The van der Waals surface area contributed by atoms with Crippen molar-refractivity contribution in [1.82, 2.24) is 0 Å². The van der Waals surface area contributed by atoms with Gasteiger partial charge in [-0.3, -0.25) is 9.59 Å². The van der Waals surface area contributed by atoms with E-state index >= 15 is 0 Å². The minimum atomic E-state index is -1.06. The Kier molecular flexibility index (Phi) is 16.9. The van der Waals surface area contributed by atoms with Gasteiger partial charge in [0.15, 0.2) is 6.10 Å². The maximum absolute atomic E-state index is 13.5. The topological polar surface area (TPSA) is 193 Å². The number of alkyl halides is 2. The molecule has 2 aromatic carbocycles. The number of carbonyl (C=O) groups is 3. The third-order valence-corrected chi connectivity index (χ3v) is 9.27. The van der Waals surface area contributed by atoms with E-state index in [-0.39, 0.29) is 34.5 Å². The summed E-state index contributed by atoms with van der Waals surface area (Å²) < 4.78 is 16.7. The van der Waals surface area contributed by atoms with Gasteiger partial charge in [-0.05, 0) is 63.1 Å². The van der Waals surface area contributed by atoms with E-state index in [2.05, 4.69) is 10.6 Å². The lowest BCUT2D eigenvalue weighted by molar-refractivity contribution is -0.112. The number of nitrogens with zero attached hydrogens (tertiary/aromatic N) is 1. The molecule has 5 atom stereocenters. The van der Waals surface area contributed by atoms with Crippen molar-refractivity contribution in [2.45, 2.75) is 58.5 Å². The van der Waals surface area contributed by atoms with Crippen LogP contribution in [-0.2, 0) is 19.0 Å². The number of anilines is 3. The quantitative estimate of drug-likeness (QED) is 0.0687. The number of ether oxygens (including phenoxy) is 3. The molecule has 0 aromatic heterocycles. The number of halogens is 2. The third-order valence-electron chi connectivity index (χ3n) is 8.94. The van der Waals surface area contributed by atoms with E-state index < -0.39 is 59.7 Å². The van der Waals surface area contributed by atoms with Crippen LogP contribution in [0.1, 0.15) is 50.0 Å². The number of aromatic hydroxyl groups is 2. The Hall–Kier alpha value is -4.53. The number of aliphatic hydroxyl groups excluding tert-OH is 1. The van der Waals surface area contributed by atoms with E-state index in [4.69, 9.17) is 43.1 Å². The molecule has 0 fully saturated rings. The largest absolute Gasteiger partial charge is 0.506 e. The first-order valence-corrected chi connectivity index (χ1v) is 18.3. The highest BCUT2D eigenvalue weighted by atomic mass is 35.5. The molecule has 13 nitrogen and oxygen atoms in total. The van der Waals surface area contributed by atoms with Gasteiger partial charge in [-0.15, -0.1) is 23.2 Å². The molecule has 0 saturated carbocycles. The average Bonchev–Trinajstić information content (AvgIpc) is 3.13. The second kappa shape index (κ2) is 20.8. The summed E-state index contributed by atoms with van der Waals surface area (Å²) >= 11 is 11.9. The van der Waals surface area contributed by atoms with Crippen LogP contribution < -0.4 is 21.3 Å². The van der Waals surface area contributed by atoms with Crippen molar-refractivity contribution in [2.24, 2.45) is 11.7 Å². The molecule has 1 aliphatic rings. The highest BCUT2D eigenvalue weighted by Crippen LogP contribution is 2.43. The molecule has 15 heteroatoms. The predicted molar refractivity (Wildman–Crippen MR) is 213 cm³/mol. The van der Waals surface area contributed by atoms with Gasteiger partial charge in [-0.2, -0.15) is 0 Å². The molecule has 2 aromatic rings. The van der Waals surface area contributed by atoms with E-state index in [1.807, 2.05) is 4.90 Å². The van der Waals surface area contributed by atoms with E-state index in [0.717, 1.165) is 11.8 Å². The number of fused-ring (bicyclic) bond motifs is 2. The van der Waals surface area contributed by atoms with Crippen molar-refractivity contribution >= 4 is 64.2 Å². The number of hydrogen-bond acceptors (Lipinski definition) is 10. The van der Waals surface area contributed by atoms with Crippen LogP contribution in [0.4, 0.5) is 21.9 Å². The van der Waals surface area contributed by atoms with Crippen molar-refractivity contribution < 1.29 is 43.9 Å². The number of phenols is 2. The molecule has 7 N–H and O–H groups in total. The minimum absolute atomic E-state index is 0.00475.